The number of nitrogens with one attached hydrogen (secondary N) is 1. The molecule has 0 aliphatic heterocycles. The Labute approximate surface area is 169 Å². The molecule has 1 amide bonds. The van der Waals surface area contributed by atoms with E-state index < -0.39 is 29.9 Å². The maximum absolute atomic E-state index is 13.0. The first-order valence-corrected chi connectivity index (χ1v) is 9.07. The Balaban J connectivity index is 1.72. The second kappa shape index (κ2) is 8.89. The van der Waals surface area contributed by atoms with Crippen LogP contribution in [0.1, 0.15) is 18.9 Å². The number of benzene rings is 2. The standard InChI is InChI=1S/C21H18F3NO5/c1-2-9-28-17-7-5-14(21(22,23)24)10-16(17)25-19(26)12-29-15-6-3-13-4-8-20(27)30-18(13)11-15/h3-8,10-11H,2,9,12H2,1H3,(H,25,26). The Hall–Kier alpha value is -3.49. The molecular weight excluding hydrogens is 403 g/mol. The first-order valence-electron chi connectivity index (χ1n) is 9.07. The van der Waals surface area contributed by atoms with E-state index in [1.807, 2.05) is 6.92 Å². The molecule has 0 bridgehead atoms. The number of hydrogen-bond acceptors (Lipinski definition) is 5. The van der Waals surface area contributed by atoms with Gasteiger partial charge in [-0.05, 0) is 42.8 Å². The number of hydrogen-bond donors (Lipinski definition) is 1. The molecule has 0 saturated carbocycles. The van der Waals surface area contributed by atoms with Crippen LogP contribution in [-0.2, 0) is 11.0 Å². The normalized spacial score (nSPS) is 11.3. The smallest absolute Gasteiger partial charge is 0.416 e. The van der Waals surface area contributed by atoms with Crippen molar-refractivity contribution in [1.29, 1.82) is 0 Å². The molecule has 0 saturated heterocycles. The van der Waals surface area contributed by atoms with E-state index in [9.17, 15) is 22.8 Å². The minimum atomic E-state index is -4.56. The number of carbonyl (C=O) groups excluding carboxylic acids is 1. The predicted molar refractivity (Wildman–Crippen MR) is 104 cm³/mol. The van der Waals surface area contributed by atoms with Gasteiger partial charge in [0.15, 0.2) is 6.61 Å². The van der Waals surface area contributed by atoms with Crippen LogP contribution in [0.15, 0.2) is 57.7 Å². The molecule has 0 spiro atoms. The molecular formula is C21H18F3NO5. The van der Waals surface area contributed by atoms with Crippen molar-refractivity contribution in [2.75, 3.05) is 18.5 Å². The predicted octanol–water partition coefficient (Wildman–Crippen LogP) is 4.62. The highest BCUT2D eigenvalue weighted by Gasteiger charge is 2.31. The maximum atomic E-state index is 13.0. The third-order valence-corrected chi connectivity index (χ3v) is 4.01. The number of halogens is 3. The third kappa shape index (κ3) is 5.31. The van der Waals surface area contributed by atoms with E-state index in [-0.39, 0.29) is 29.4 Å². The fraction of sp³-hybridized carbons (Fsp3) is 0.238. The zero-order valence-electron chi connectivity index (χ0n) is 15.9. The van der Waals surface area contributed by atoms with Gasteiger partial charge in [-0.2, -0.15) is 13.2 Å². The Morgan fingerprint density at radius 2 is 1.83 bits per heavy atom. The lowest BCUT2D eigenvalue weighted by Gasteiger charge is -2.15. The number of amides is 1. The van der Waals surface area contributed by atoms with Crippen LogP contribution in [0.3, 0.4) is 0 Å². The zero-order valence-corrected chi connectivity index (χ0v) is 15.9. The van der Waals surface area contributed by atoms with Gasteiger partial charge in [0, 0.05) is 17.5 Å². The van der Waals surface area contributed by atoms with Crippen molar-refractivity contribution in [1.82, 2.24) is 0 Å². The summed E-state index contributed by atoms with van der Waals surface area (Å²) in [7, 11) is 0. The van der Waals surface area contributed by atoms with E-state index in [2.05, 4.69) is 5.32 Å². The van der Waals surface area contributed by atoms with Crippen LogP contribution in [0.5, 0.6) is 11.5 Å². The Kier molecular flexibility index (Phi) is 6.29. The summed E-state index contributed by atoms with van der Waals surface area (Å²) >= 11 is 0. The Morgan fingerprint density at radius 3 is 2.57 bits per heavy atom. The summed E-state index contributed by atoms with van der Waals surface area (Å²) in [5, 5.41) is 3.06. The molecule has 30 heavy (non-hydrogen) atoms. The quantitative estimate of drug-likeness (QED) is 0.564. The van der Waals surface area contributed by atoms with Gasteiger partial charge >= 0.3 is 11.8 Å². The van der Waals surface area contributed by atoms with E-state index >= 15 is 0 Å². The van der Waals surface area contributed by atoms with E-state index in [1.54, 1.807) is 18.2 Å². The second-order valence-corrected chi connectivity index (χ2v) is 6.35. The van der Waals surface area contributed by atoms with Crippen LogP contribution in [-0.4, -0.2) is 19.1 Å². The van der Waals surface area contributed by atoms with Gasteiger partial charge in [-0.1, -0.05) is 6.92 Å². The second-order valence-electron chi connectivity index (χ2n) is 6.35. The van der Waals surface area contributed by atoms with E-state index in [0.29, 0.717) is 11.8 Å². The summed E-state index contributed by atoms with van der Waals surface area (Å²) in [5.41, 5.74) is -1.25. The van der Waals surface area contributed by atoms with Crippen molar-refractivity contribution in [2.24, 2.45) is 0 Å². The molecule has 0 radical (unpaired) electrons. The van der Waals surface area contributed by atoms with Crippen LogP contribution < -0.4 is 20.4 Å². The Bertz CT molecular complexity index is 1110. The molecule has 9 heteroatoms. The minimum Gasteiger partial charge on any atom is -0.491 e. The fourth-order valence-electron chi connectivity index (χ4n) is 2.61. The summed E-state index contributed by atoms with van der Waals surface area (Å²) in [6.45, 7) is 1.67. The SMILES string of the molecule is CCCOc1ccc(C(F)(F)F)cc1NC(=O)COc1ccc2ccc(=O)oc2c1. The maximum Gasteiger partial charge on any atom is 0.416 e. The van der Waals surface area contributed by atoms with Crippen molar-refractivity contribution in [3.63, 3.8) is 0 Å². The molecule has 0 aliphatic rings. The van der Waals surface area contributed by atoms with Crippen LogP contribution in [0.2, 0.25) is 0 Å². The van der Waals surface area contributed by atoms with Gasteiger partial charge in [0.1, 0.15) is 17.1 Å². The molecule has 0 unspecified atom stereocenters. The van der Waals surface area contributed by atoms with Crippen LogP contribution in [0, 0.1) is 0 Å². The van der Waals surface area contributed by atoms with E-state index in [0.717, 1.165) is 12.1 Å². The highest BCUT2D eigenvalue weighted by molar-refractivity contribution is 5.93. The van der Waals surface area contributed by atoms with Crippen LogP contribution in [0.25, 0.3) is 11.0 Å². The van der Waals surface area contributed by atoms with Gasteiger partial charge in [0.05, 0.1) is 17.9 Å². The van der Waals surface area contributed by atoms with Crippen LogP contribution in [0.4, 0.5) is 18.9 Å². The summed E-state index contributed by atoms with van der Waals surface area (Å²) in [6, 6.07) is 10.4. The monoisotopic (exact) mass is 421 g/mol. The van der Waals surface area contributed by atoms with Crippen molar-refractivity contribution in [3.05, 3.63) is 64.5 Å². The van der Waals surface area contributed by atoms with Crippen molar-refractivity contribution in [2.45, 2.75) is 19.5 Å². The van der Waals surface area contributed by atoms with Crippen molar-refractivity contribution < 1.29 is 31.9 Å². The molecule has 2 aromatic carbocycles. The first-order chi connectivity index (χ1) is 14.3. The van der Waals surface area contributed by atoms with Gasteiger partial charge in [-0.15, -0.1) is 0 Å². The molecule has 1 aromatic heterocycles. The Morgan fingerprint density at radius 1 is 1.07 bits per heavy atom. The number of anilines is 1. The largest absolute Gasteiger partial charge is 0.491 e. The average molecular weight is 421 g/mol. The number of ether oxygens (including phenoxy) is 2. The van der Waals surface area contributed by atoms with Crippen LogP contribution >= 0.6 is 0 Å². The molecule has 0 aliphatic carbocycles. The molecule has 0 atom stereocenters. The highest BCUT2D eigenvalue weighted by Crippen LogP contribution is 2.35. The highest BCUT2D eigenvalue weighted by atomic mass is 19.4. The van der Waals surface area contributed by atoms with Crippen molar-refractivity contribution in [3.8, 4) is 11.5 Å². The van der Waals surface area contributed by atoms with Gasteiger partial charge in [-0.3, -0.25) is 4.79 Å². The van der Waals surface area contributed by atoms with Gasteiger partial charge in [-0.25, -0.2) is 4.79 Å². The van der Waals surface area contributed by atoms with Crippen molar-refractivity contribution >= 4 is 22.6 Å². The first kappa shape index (κ1) is 21.2. The topological polar surface area (TPSA) is 77.8 Å². The van der Waals surface area contributed by atoms with E-state index in [1.165, 1.54) is 18.2 Å². The average Bonchev–Trinajstić information content (AvgIpc) is 2.70. The number of fused-ring (bicyclic) bond motifs is 1. The number of carbonyl (C=O) groups is 1. The molecule has 1 N–H and O–H groups in total. The van der Waals surface area contributed by atoms with E-state index in [4.69, 9.17) is 13.9 Å². The summed E-state index contributed by atoms with van der Waals surface area (Å²) in [4.78, 5) is 23.5. The zero-order chi connectivity index (χ0) is 21.7. The summed E-state index contributed by atoms with van der Waals surface area (Å²) in [5.74, 6) is -0.283. The molecule has 0 fully saturated rings. The number of rotatable bonds is 7. The molecule has 1 heterocycles. The summed E-state index contributed by atoms with van der Waals surface area (Å²) < 4.78 is 54.8. The lowest BCUT2D eigenvalue weighted by molar-refractivity contribution is -0.137. The summed E-state index contributed by atoms with van der Waals surface area (Å²) in [6.07, 6.45) is -3.91. The molecule has 3 rings (SSSR count). The molecule has 6 nitrogen and oxygen atoms in total. The third-order valence-electron chi connectivity index (χ3n) is 4.01. The lowest BCUT2D eigenvalue weighted by atomic mass is 10.1. The molecule has 158 valence electrons. The number of alkyl halides is 3. The fourth-order valence-corrected chi connectivity index (χ4v) is 2.61. The lowest BCUT2D eigenvalue weighted by Crippen LogP contribution is -2.21. The molecule has 3 aromatic rings. The minimum absolute atomic E-state index is 0.101. The van der Waals surface area contributed by atoms with Gasteiger partial charge < -0.3 is 19.2 Å². The van der Waals surface area contributed by atoms with Gasteiger partial charge in [0.25, 0.3) is 5.91 Å². The van der Waals surface area contributed by atoms with Gasteiger partial charge in [0.2, 0.25) is 0 Å².